The van der Waals surface area contributed by atoms with E-state index in [0.29, 0.717) is 28.0 Å². The number of sulfonamides is 1. The van der Waals surface area contributed by atoms with Crippen LogP contribution in [0.15, 0.2) is 42.5 Å². The summed E-state index contributed by atoms with van der Waals surface area (Å²) in [5.41, 5.74) is 2.06. The van der Waals surface area contributed by atoms with Crippen LogP contribution in [0, 0.1) is 5.92 Å². The molecule has 158 valence electrons. The van der Waals surface area contributed by atoms with Gasteiger partial charge < -0.3 is 4.90 Å². The zero-order chi connectivity index (χ0) is 21.0. The summed E-state index contributed by atoms with van der Waals surface area (Å²) in [7, 11) is -3.22. The molecule has 8 heteroatoms. The van der Waals surface area contributed by atoms with Crippen molar-refractivity contribution in [2.75, 3.05) is 23.7 Å². The van der Waals surface area contributed by atoms with Gasteiger partial charge in [-0.25, -0.2) is 13.1 Å². The third kappa shape index (κ3) is 6.02. The molecule has 1 heterocycles. The predicted octanol–water partition coefficient (Wildman–Crippen LogP) is 5.93. The number of nitrogens with one attached hydrogen (secondary N) is 1. The Kier molecular flexibility index (Phi) is 7.74. The lowest BCUT2D eigenvalue weighted by atomic mass is 9.88. The first-order valence-corrected chi connectivity index (χ1v) is 12.5. The number of piperidine rings is 1. The van der Waals surface area contributed by atoms with Crippen LogP contribution in [0.3, 0.4) is 0 Å². The Morgan fingerprint density at radius 1 is 1.03 bits per heavy atom. The number of benzene rings is 2. The predicted molar refractivity (Wildman–Crippen MR) is 123 cm³/mol. The van der Waals surface area contributed by atoms with Crippen LogP contribution < -0.4 is 9.62 Å². The van der Waals surface area contributed by atoms with E-state index in [1.165, 1.54) is 0 Å². The maximum Gasteiger partial charge on any atom is 0.211 e. The molecule has 1 saturated heterocycles. The molecule has 2 aromatic carbocycles. The van der Waals surface area contributed by atoms with Gasteiger partial charge in [0.05, 0.1) is 11.8 Å². The Hall–Kier alpha value is -0.980. The third-order valence-corrected chi connectivity index (χ3v) is 7.59. The summed E-state index contributed by atoms with van der Waals surface area (Å²) in [4.78, 5) is 2.29. The first-order chi connectivity index (χ1) is 13.8. The van der Waals surface area contributed by atoms with Gasteiger partial charge in [0.2, 0.25) is 10.0 Å². The minimum absolute atomic E-state index is 0.0874. The van der Waals surface area contributed by atoms with Gasteiger partial charge in [-0.3, -0.25) is 0 Å². The Balaban J connectivity index is 1.83. The van der Waals surface area contributed by atoms with Crippen molar-refractivity contribution in [3.8, 4) is 0 Å². The van der Waals surface area contributed by atoms with Gasteiger partial charge in [-0.1, -0.05) is 47.8 Å². The highest BCUT2D eigenvalue weighted by molar-refractivity contribution is 7.89. The first kappa shape index (κ1) is 22.7. The molecule has 1 fully saturated rings. The lowest BCUT2D eigenvalue weighted by Gasteiger charge is -2.42. The highest BCUT2D eigenvalue weighted by atomic mass is 35.5. The number of hydrogen-bond donors (Lipinski definition) is 1. The van der Waals surface area contributed by atoms with E-state index in [9.17, 15) is 8.42 Å². The van der Waals surface area contributed by atoms with Crippen LogP contribution in [-0.2, 0) is 10.0 Å². The van der Waals surface area contributed by atoms with Gasteiger partial charge in [-0.15, -0.1) is 0 Å². The van der Waals surface area contributed by atoms with Crippen molar-refractivity contribution in [2.24, 2.45) is 5.92 Å². The molecule has 0 spiro atoms. The van der Waals surface area contributed by atoms with Gasteiger partial charge in [0.1, 0.15) is 0 Å². The van der Waals surface area contributed by atoms with E-state index >= 15 is 0 Å². The van der Waals surface area contributed by atoms with E-state index in [0.717, 1.165) is 30.6 Å². The minimum Gasteiger partial charge on any atom is -0.364 e. The molecule has 0 amide bonds. The molecule has 1 aliphatic rings. The molecule has 1 N–H and O–H groups in total. The summed E-state index contributed by atoms with van der Waals surface area (Å²) in [6.45, 7) is 3.02. The quantitative estimate of drug-likeness (QED) is 0.539. The second kappa shape index (κ2) is 9.88. The molecular weight excluding hydrogens is 451 g/mol. The standard InChI is InChI=1S/C21H25Cl3N2O2S/c1-2-11-29(27,28)25-13-15-3-10-21(19-9-6-17(23)12-20(19)24)26(14-15)18-7-4-16(22)5-8-18/h4-9,12,15,21,25H,2-3,10-11,13-14H2,1H3. The molecular formula is C21H25Cl3N2O2S. The summed E-state index contributed by atoms with van der Waals surface area (Å²) >= 11 is 18.7. The maximum atomic E-state index is 12.1. The van der Waals surface area contributed by atoms with Gasteiger partial charge in [0.25, 0.3) is 0 Å². The summed E-state index contributed by atoms with van der Waals surface area (Å²) in [5.74, 6) is 0.364. The van der Waals surface area contributed by atoms with E-state index in [2.05, 4.69) is 9.62 Å². The molecule has 0 saturated carbocycles. The highest BCUT2D eigenvalue weighted by Gasteiger charge is 2.31. The fraction of sp³-hybridized carbons (Fsp3) is 0.429. The summed E-state index contributed by atoms with van der Waals surface area (Å²) in [6.07, 6.45) is 2.38. The van der Waals surface area contributed by atoms with Crippen molar-refractivity contribution in [3.63, 3.8) is 0 Å². The highest BCUT2D eigenvalue weighted by Crippen LogP contribution is 2.40. The molecule has 4 nitrogen and oxygen atoms in total. The fourth-order valence-corrected chi connectivity index (χ4v) is 5.64. The zero-order valence-electron chi connectivity index (χ0n) is 16.2. The normalized spacial score (nSPS) is 20.1. The Morgan fingerprint density at radius 2 is 1.72 bits per heavy atom. The molecule has 3 rings (SSSR count). The average Bonchev–Trinajstić information content (AvgIpc) is 2.67. The van der Waals surface area contributed by atoms with Crippen molar-refractivity contribution in [1.82, 2.24) is 4.72 Å². The van der Waals surface area contributed by atoms with Gasteiger partial charge in [-0.05, 0) is 67.1 Å². The van der Waals surface area contributed by atoms with Crippen LogP contribution >= 0.6 is 34.8 Å². The molecule has 0 radical (unpaired) electrons. The zero-order valence-corrected chi connectivity index (χ0v) is 19.3. The van der Waals surface area contributed by atoms with E-state index in [-0.39, 0.29) is 17.7 Å². The summed E-state index contributed by atoms with van der Waals surface area (Å²) in [6, 6.07) is 13.4. The van der Waals surface area contributed by atoms with E-state index in [1.807, 2.05) is 43.3 Å². The number of rotatable bonds is 7. The SMILES string of the molecule is CCCS(=O)(=O)NCC1CCC(c2ccc(Cl)cc2Cl)N(c2ccc(Cl)cc2)C1. The van der Waals surface area contributed by atoms with Crippen molar-refractivity contribution >= 4 is 50.5 Å². The molecule has 1 aliphatic heterocycles. The number of anilines is 1. The molecule has 2 aromatic rings. The Labute approximate surface area is 188 Å². The van der Waals surface area contributed by atoms with Gasteiger partial charge >= 0.3 is 0 Å². The average molecular weight is 476 g/mol. The topological polar surface area (TPSA) is 49.4 Å². The Morgan fingerprint density at radius 3 is 2.38 bits per heavy atom. The van der Waals surface area contributed by atoms with Gasteiger partial charge in [-0.2, -0.15) is 0 Å². The molecule has 0 aliphatic carbocycles. The fourth-order valence-electron chi connectivity index (χ4n) is 3.81. The first-order valence-electron chi connectivity index (χ1n) is 9.73. The molecule has 2 unspecified atom stereocenters. The summed E-state index contributed by atoms with van der Waals surface area (Å²) < 4.78 is 26.9. The minimum atomic E-state index is -3.22. The molecule has 2 atom stereocenters. The second-order valence-electron chi connectivity index (χ2n) is 7.42. The summed E-state index contributed by atoms with van der Waals surface area (Å²) in [5, 5.41) is 1.93. The smallest absolute Gasteiger partial charge is 0.211 e. The van der Waals surface area contributed by atoms with Crippen LogP contribution in [0.4, 0.5) is 5.69 Å². The second-order valence-corrected chi connectivity index (χ2v) is 10.6. The largest absolute Gasteiger partial charge is 0.364 e. The van der Waals surface area contributed by atoms with Crippen LogP contribution in [0.2, 0.25) is 15.1 Å². The van der Waals surface area contributed by atoms with Crippen molar-refractivity contribution < 1.29 is 8.42 Å². The molecule has 29 heavy (non-hydrogen) atoms. The van der Waals surface area contributed by atoms with Crippen LogP contribution in [0.5, 0.6) is 0 Å². The maximum absolute atomic E-state index is 12.1. The molecule has 0 bridgehead atoms. The van der Waals surface area contributed by atoms with Crippen molar-refractivity contribution in [2.45, 2.75) is 32.2 Å². The number of halogens is 3. The van der Waals surface area contributed by atoms with Crippen LogP contribution in [0.1, 0.15) is 37.8 Å². The van der Waals surface area contributed by atoms with Crippen LogP contribution in [-0.4, -0.2) is 27.3 Å². The lowest BCUT2D eigenvalue weighted by Crippen LogP contribution is -2.43. The number of hydrogen-bond acceptors (Lipinski definition) is 3. The van der Waals surface area contributed by atoms with Gasteiger partial charge in [0, 0.05) is 33.8 Å². The van der Waals surface area contributed by atoms with E-state index in [1.54, 1.807) is 6.07 Å². The number of nitrogens with zero attached hydrogens (tertiary/aromatic N) is 1. The van der Waals surface area contributed by atoms with Gasteiger partial charge in [0.15, 0.2) is 0 Å². The van der Waals surface area contributed by atoms with Crippen LogP contribution in [0.25, 0.3) is 0 Å². The Bertz CT molecular complexity index is 935. The third-order valence-electron chi connectivity index (χ3n) is 5.22. The van der Waals surface area contributed by atoms with E-state index < -0.39 is 10.0 Å². The molecule has 0 aromatic heterocycles. The monoisotopic (exact) mass is 474 g/mol. The lowest BCUT2D eigenvalue weighted by molar-refractivity contribution is 0.358. The van der Waals surface area contributed by atoms with E-state index in [4.69, 9.17) is 34.8 Å². The van der Waals surface area contributed by atoms with Crippen molar-refractivity contribution in [3.05, 3.63) is 63.1 Å². The van der Waals surface area contributed by atoms with Crippen molar-refractivity contribution in [1.29, 1.82) is 0 Å².